The predicted molar refractivity (Wildman–Crippen MR) is 99.4 cm³/mol. The minimum Gasteiger partial charge on any atom is -0.493 e. The van der Waals surface area contributed by atoms with Gasteiger partial charge in [0, 0.05) is 32.7 Å². The highest BCUT2D eigenvalue weighted by molar-refractivity contribution is 5.91. The summed E-state index contributed by atoms with van der Waals surface area (Å²) in [7, 11) is 1.63. The van der Waals surface area contributed by atoms with Crippen molar-refractivity contribution in [2.24, 2.45) is 5.73 Å². The van der Waals surface area contributed by atoms with Gasteiger partial charge in [0.05, 0.1) is 7.11 Å². The number of nitrogens with zero attached hydrogens (tertiary/aromatic N) is 3. The van der Waals surface area contributed by atoms with Gasteiger partial charge in [-0.05, 0) is 29.8 Å². The monoisotopic (exact) mass is 370 g/mol. The molecule has 27 heavy (non-hydrogen) atoms. The second kappa shape index (κ2) is 7.32. The van der Waals surface area contributed by atoms with Gasteiger partial charge >= 0.3 is 0 Å². The Bertz CT molecular complexity index is 850. The second-order valence-corrected chi connectivity index (χ2v) is 6.54. The van der Waals surface area contributed by atoms with Crippen LogP contribution in [0, 0.1) is 0 Å². The number of ether oxygens (including phenoxy) is 3. The van der Waals surface area contributed by atoms with E-state index in [4.69, 9.17) is 19.9 Å². The molecule has 1 fully saturated rings. The summed E-state index contributed by atoms with van der Waals surface area (Å²) in [5.74, 6) is 2.39. The number of carbonyl (C=O) groups is 1. The van der Waals surface area contributed by atoms with Crippen molar-refractivity contribution in [3.8, 4) is 17.2 Å². The number of anilines is 1. The fraction of sp³-hybridized carbons (Fsp3) is 0.368. The Hall–Kier alpha value is -3.00. The summed E-state index contributed by atoms with van der Waals surface area (Å²) < 4.78 is 16.4. The summed E-state index contributed by atoms with van der Waals surface area (Å²) in [6, 6.07) is 9.36. The van der Waals surface area contributed by atoms with Crippen LogP contribution in [0.1, 0.15) is 16.1 Å². The summed E-state index contributed by atoms with van der Waals surface area (Å²) in [5.41, 5.74) is 6.74. The van der Waals surface area contributed by atoms with Crippen LogP contribution in [0.25, 0.3) is 0 Å². The number of carbonyl (C=O) groups excluding carboxylic acids is 1. The van der Waals surface area contributed by atoms with Crippen LogP contribution in [0.2, 0.25) is 0 Å². The van der Waals surface area contributed by atoms with Crippen LogP contribution in [-0.2, 0) is 6.54 Å². The number of aromatic nitrogens is 1. The van der Waals surface area contributed by atoms with Crippen molar-refractivity contribution in [1.82, 2.24) is 9.88 Å². The normalized spacial score (nSPS) is 16.4. The highest BCUT2D eigenvalue weighted by Gasteiger charge is 2.23. The number of methoxy groups -OCH3 is 1. The molecule has 0 radical (unpaired) electrons. The van der Waals surface area contributed by atoms with Gasteiger partial charge in [-0.25, -0.2) is 4.98 Å². The first kappa shape index (κ1) is 17.4. The number of hydrogen-bond donors (Lipinski definition) is 1. The van der Waals surface area contributed by atoms with Gasteiger partial charge in [0.15, 0.2) is 11.5 Å². The van der Waals surface area contributed by atoms with Gasteiger partial charge in [0.2, 0.25) is 12.5 Å². The maximum Gasteiger partial charge on any atom is 0.267 e. The molecule has 4 rings (SSSR count). The van der Waals surface area contributed by atoms with Crippen molar-refractivity contribution in [2.75, 3.05) is 45.0 Å². The molecule has 1 amide bonds. The molecule has 142 valence electrons. The summed E-state index contributed by atoms with van der Waals surface area (Å²) in [4.78, 5) is 20.2. The number of primary amides is 1. The van der Waals surface area contributed by atoms with Crippen LogP contribution in [-0.4, -0.2) is 55.9 Å². The minimum atomic E-state index is -0.507. The molecule has 0 bridgehead atoms. The molecule has 0 unspecified atom stereocenters. The van der Waals surface area contributed by atoms with Crippen molar-refractivity contribution in [2.45, 2.75) is 6.54 Å². The van der Waals surface area contributed by atoms with Gasteiger partial charge in [-0.1, -0.05) is 6.07 Å². The number of fused-ring (bicyclic) bond motifs is 1. The molecule has 2 aromatic rings. The van der Waals surface area contributed by atoms with Gasteiger partial charge in [-0.3, -0.25) is 9.69 Å². The number of pyridine rings is 1. The number of amides is 1. The van der Waals surface area contributed by atoms with Gasteiger partial charge in [0.25, 0.3) is 5.91 Å². The Morgan fingerprint density at radius 3 is 2.78 bits per heavy atom. The van der Waals surface area contributed by atoms with E-state index in [9.17, 15) is 4.79 Å². The molecule has 8 heteroatoms. The van der Waals surface area contributed by atoms with E-state index in [0.29, 0.717) is 17.2 Å². The Morgan fingerprint density at radius 1 is 1.22 bits per heavy atom. The summed E-state index contributed by atoms with van der Waals surface area (Å²) in [6.07, 6.45) is 0. The van der Waals surface area contributed by atoms with Crippen LogP contribution in [0.15, 0.2) is 30.3 Å². The number of piperazine rings is 1. The standard InChI is InChI=1S/C19H22N4O4/c1-25-15-9-13(10-16-18(15)27-12-26-16)11-22-5-7-23(8-6-22)17-4-2-3-14(21-17)19(20)24/h2-4,9-10H,5-8,11-12H2,1H3,(H2,20,24). The van der Waals surface area contributed by atoms with E-state index in [1.165, 1.54) is 0 Å². The summed E-state index contributed by atoms with van der Waals surface area (Å²) >= 11 is 0. The predicted octanol–water partition coefficient (Wildman–Crippen LogP) is 1.24. The van der Waals surface area contributed by atoms with Crippen LogP contribution in [0.4, 0.5) is 5.82 Å². The topological polar surface area (TPSA) is 90.2 Å². The van der Waals surface area contributed by atoms with E-state index < -0.39 is 5.91 Å². The van der Waals surface area contributed by atoms with E-state index in [2.05, 4.69) is 14.8 Å². The highest BCUT2D eigenvalue weighted by Crippen LogP contribution is 2.42. The largest absolute Gasteiger partial charge is 0.493 e. The van der Waals surface area contributed by atoms with E-state index in [1.54, 1.807) is 13.2 Å². The Balaban J connectivity index is 1.40. The molecule has 2 aliphatic rings. The van der Waals surface area contributed by atoms with Crippen LogP contribution in [0.3, 0.4) is 0 Å². The Kier molecular flexibility index (Phi) is 4.72. The molecule has 0 atom stereocenters. The first-order chi connectivity index (χ1) is 13.1. The molecule has 3 heterocycles. The van der Waals surface area contributed by atoms with Crippen molar-refractivity contribution in [3.05, 3.63) is 41.6 Å². The van der Waals surface area contributed by atoms with E-state index >= 15 is 0 Å². The lowest BCUT2D eigenvalue weighted by Gasteiger charge is -2.35. The minimum absolute atomic E-state index is 0.227. The molecule has 8 nitrogen and oxygen atoms in total. The molecule has 0 saturated carbocycles. The lowest BCUT2D eigenvalue weighted by molar-refractivity contribution is 0.0995. The van der Waals surface area contributed by atoms with Crippen molar-refractivity contribution < 1.29 is 19.0 Å². The second-order valence-electron chi connectivity index (χ2n) is 6.54. The lowest BCUT2D eigenvalue weighted by Crippen LogP contribution is -2.46. The molecular formula is C19H22N4O4. The number of rotatable bonds is 5. The van der Waals surface area contributed by atoms with Crippen LogP contribution >= 0.6 is 0 Å². The lowest BCUT2D eigenvalue weighted by atomic mass is 10.1. The van der Waals surface area contributed by atoms with Gasteiger partial charge in [-0.15, -0.1) is 0 Å². The van der Waals surface area contributed by atoms with Crippen molar-refractivity contribution in [3.63, 3.8) is 0 Å². The molecule has 1 aromatic heterocycles. The molecule has 2 N–H and O–H groups in total. The Labute approximate surface area is 157 Å². The SMILES string of the molecule is COc1cc(CN2CCN(c3cccc(C(N)=O)n3)CC2)cc2c1OCO2. The fourth-order valence-electron chi connectivity index (χ4n) is 3.41. The van der Waals surface area contributed by atoms with Crippen molar-refractivity contribution >= 4 is 11.7 Å². The average molecular weight is 370 g/mol. The first-order valence-electron chi connectivity index (χ1n) is 8.85. The zero-order valence-electron chi connectivity index (χ0n) is 15.2. The summed E-state index contributed by atoms with van der Waals surface area (Å²) in [5, 5.41) is 0. The molecule has 0 aliphatic carbocycles. The van der Waals surface area contributed by atoms with Gasteiger partial charge in [-0.2, -0.15) is 0 Å². The number of hydrogen-bond acceptors (Lipinski definition) is 7. The molecule has 1 aromatic carbocycles. The van der Waals surface area contributed by atoms with E-state index in [1.807, 2.05) is 24.3 Å². The molecular weight excluding hydrogens is 348 g/mol. The van der Waals surface area contributed by atoms with E-state index in [0.717, 1.165) is 49.9 Å². The zero-order valence-corrected chi connectivity index (χ0v) is 15.2. The van der Waals surface area contributed by atoms with Gasteiger partial charge in [0.1, 0.15) is 11.5 Å². The highest BCUT2D eigenvalue weighted by atomic mass is 16.7. The molecule has 0 spiro atoms. The van der Waals surface area contributed by atoms with Crippen LogP contribution < -0.4 is 24.8 Å². The zero-order chi connectivity index (χ0) is 18.8. The third-order valence-corrected chi connectivity index (χ3v) is 4.81. The van der Waals surface area contributed by atoms with Crippen LogP contribution in [0.5, 0.6) is 17.2 Å². The van der Waals surface area contributed by atoms with Crippen molar-refractivity contribution in [1.29, 1.82) is 0 Å². The fourth-order valence-corrected chi connectivity index (χ4v) is 3.41. The number of benzene rings is 1. The third kappa shape index (κ3) is 3.61. The quantitative estimate of drug-likeness (QED) is 0.847. The molecule has 2 aliphatic heterocycles. The average Bonchev–Trinajstić information content (AvgIpc) is 3.16. The van der Waals surface area contributed by atoms with E-state index in [-0.39, 0.29) is 6.79 Å². The maximum atomic E-state index is 11.3. The molecule has 1 saturated heterocycles. The maximum absolute atomic E-state index is 11.3. The first-order valence-corrected chi connectivity index (χ1v) is 8.85. The Morgan fingerprint density at radius 2 is 2.04 bits per heavy atom. The summed E-state index contributed by atoms with van der Waals surface area (Å²) in [6.45, 7) is 4.47. The number of nitrogens with two attached hydrogens (primary N) is 1. The third-order valence-electron chi connectivity index (χ3n) is 4.81. The van der Waals surface area contributed by atoms with Gasteiger partial charge < -0.3 is 24.8 Å². The smallest absolute Gasteiger partial charge is 0.267 e.